The number of hydrogen-bond acceptors (Lipinski definition) is 2. The van der Waals surface area contributed by atoms with Crippen LogP contribution in [0.25, 0.3) is 0 Å². The Hall–Kier alpha value is -1.07. The molecule has 1 aromatic heterocycles. The van der Waals surface area contributed by atoms with Crippen LogP contribution in [0.4, 0.5) is 8.78 Å². The molecule has 1 unspecified atom stereocenters. The summed E-state index contributed by atoms with van der Waals surface area (Å²) in [6.45, 7) is -0.325. The number of pyridine rings is 1. The molecule has 1 N–H and O–H groups in total. The molecule has 0 aliphatic carbocycles. The summed E-state index contributed by atoms with van der Waals surface area (Å²) >= 11 is 5.81. The quantitative estimate of drug-likeness (QED) is 0.797. The first-order chi connectivity index (χ1) is 7.49. The summed E-state index contributed by atoms with van der Waals surface area (Å²) < 4.78 is 25.9. The van der Waals surface area contributed by atoms with Crippen LogP contribution in [0.1, 0.15) is 16.8 Å². The van der Waals surface area contributed by atoms with Crippen molar-refractivity contribution in [1.29, 1.82) is 0 Å². The minimum atomic E-state index is -2.75. The van der Waals surface area contributed by atoms with Crippen LogP contribution >= 0.6 is 11.6 Å². The van der Waals surface area contributed by atoms with Crippen LogP contribution in [0.3, 0.4) is 0 Å². The number of nitrogens with one attached hydrogen (secondary N) is 1. The molecule has 1 saturated heterocycles. The highest BCUT2D eigenvalue weighted by molar-refractivity contribution is 6.33. The number of aromatic nitrogens is 1. The predicted molar refractivity (Wildman–Crippen MR) is 53.8 cm³/mol. The lowest BCUT2D eigenvalue weighted by Crippen LogP contribution is -3.13. The highest BCUT2D eigenvalue weighted by atomic mass is 35.5. The number of amides is 1. The topological polar surface area (TPSA) is 34.4 Å². The Morgan fingerprint density at radius 1 is 1.56 bits per heavy atom. The lowest BCUT2D eigenvalue weighted by molar-refractivity contribution is -0.804. The number of quaternary nitrogens is 1. The second-order valence-corrected chi connectivity index (χ2v) is 4.23. The van der Waals surface area contributed by atoms with E-state index in [-0.39, 0.29) is 28.5 Å². The van der Waals surface area contributed by atoms with Crippen LogP contribution in [-0.4, -0.2) is 29.9 Å². The standard InChI is InChI=1S/C10H9ClF2N2O/c11-8-1-3-14-5-7(8)9(16)15-4-2-10(12,13)6-15/h1,3,5H,2,4,6H2/p+1. The van der Waals surface area contributed by atoms with E-state index in [2.05, 4.69) is 4.98 Å². The summed E-state index contributed by atoms with van der Waals surface area (Å²) in [4.78, 5) is 15.9. The molecule has 2 heterocycles. The van der Waals surface area contributed by atoms with E-state index in [0.717, 1.165) is 0 Å². The van der Waals surface area contributed by atoms with Crippen LogP contribution in [0.5, 0.6) is 0 Å². The van der Waals surface area contributed by atoms with E-state index in [0.29, 0.717) is 0 Å². The first-order valence-electron chi connectivity index (χ1n) is 4.86. The van der Waals surface area contributed by atoms with Crippen molar-refractivity contribution in [3.63, 3.8) is 0 Å². The van der Waals surface area contributed by atoms with E-state index < -0.39 is 18.4 Å². The van der Waals surface area contributed by atoms with Gasteiger partial charge in [0.05, 0.1) is 18.0 Å². The predicted octanol–water partition coefficient (Wildman–Crippen LogP) is 0.799. The molecule has 1 aliphatic heterocycles. The summed E-state index contributed by atoms with van der Waals surface area (Å²) in [5.74, 6) is -3.16. The van der Waals surface area contributed by atoms with Crippen LogP contribution < -0.4 is 4.90 Å². The lowest BCUT2D eigenvalue weighted by Gasteiger charge is -2.10. The first kappa shape index (κ1) is 11.4. The van der Waals surface area contributed by atoms with Gasteiger partial charge in [-0.15, -0.1) is 0 Å². The van der Waals surface area contributed by atoms with Crippen molar-refractivity contribution >= 4 is 17.5 Å². The summed E-state index contributed by atoms with van der Waals surface area (Å²) in [7, 11) is 0. The average Bonchev–Trinajstić information content (AvgIpc) is 2.59. The van der Waals surface area contributed by atoms with Gasteiger partial charge in [0.1, 0.15) is 12.1 Å². The number of hydrogen-bond donors (Lipinski definition) is 1. The molecule has 6 heteroatoms. The molecule has 0 radical (unpaired) electrons. The SMILES string of the molecule is O=C(c1cnccc1Cl)[NH+]1CCC(F)(F)C1. The Bertz CT molecular complexity index is 425. The molecule has 0 spiro atoms. The third kappa shape index (κ3) is 2.20. The smallest absolute Gasteiger partial charge is 0.264 e. The van der Waals surface area contributed by atoms with Gasteiger partial charge in [0.2, 0.25) is 0 Å². The number of carbonyl (C=O) groups excluding carboxylic acids is 1. The molecule has 3 nitrogen and oxygen atoms in total. The van der Waals surface area contributed by atoms with Crippen molar-refractivity contribution in [3.05, 3.63) is 29.0 Å². The molecule has 86 valence electrons. The Balaban J connectivity index is 2.18. The molecular weight excluding hydrogens is 238 g/mol. The number of rotatable bonds is 1. The molecule has 0 aromatic carbocycles. The minimum absolute atomic E-state index is 0.136. The van der Waals surface area contributed by atoms with Crippen LogP contribution in [0.2, 0.25) is 5.02 Å². The van der Waals surface area contributed by atoms with E-state index in [1.165, 1.54) is 18.5 Å². The average molecular weight is 248 g/mol. The molecule has 1 fully saturated rings. The highest BCUT2D eigenvalue weighted by Crippen LogP contribution is 2.19. The van der Waals surface area contributed by atoms with Crippen molar-refractivity contribution in [2.24, 2.45) is 0 Å². The maximum absolute atomic E-state index is 12.9. The van der Waals surface area contributed by atoms with Crippen molar-refractivity contribution in [2.45, 2.75) is 12.3 Å². The van der Waals surface area contributed by atoms with Crippen LogP contribution in [0, 0.1) is 0 Å². The van der Waals surface area contributed by atoms with Gasteiger partial charge in [-0.25, -0.2) is 13.6 Å². The van der Waals surface area contributed by atoms with Crippen molar-refractivity contribution in [3.8, 4) is 0 Å². The largest absolute Gasteiger partial charge is 0.347 e. The van der Waals surface area contributed by atoms with Gasteiger partial charge in [-0.2, -0.15) is 0 Å². The summed E-state index contributed by atoms with van der Waals surface area (Å²) in [5, 5.41) is 0.253. The van der Waals surface area contributed by atoms with Crippen molar-refractivity contribution < 1.29 is 18.5 Å². The van der Waals surface area contributed by atoms with E-state index in [9.17, 15) is 13.6 Å². The van der Waals surface area contributed by atoms with Gasteiger partial charge in [-0.1, -0.05) is 11.6 Å². The van der Waals surface area contributed by atoms with E-state index >= 15 is 0 Å². The number of alkyl halides is 2. The maximum Gasteiger partial charge on any atom is 0.347 e. The second kappa shape index (κ2) is 4.07. The van der Waals surface area contributed by atoms with Gasteiger partial charge < -0.3 is 0 Å². The fraction of sp³-hybridized carbons (Fsp3) is 0.400. The fourth-order valence-corrected chi connectivity index (χ4v) is 1.94. The number of likely N-dealkylation sites (tertiary alicyclic amines) is 1. The van der Waals surface area contributed by atoms with Crippen LogP contribution in [0.15, 0.2) is 18.5 Å². The van der Waals surface area contributed by atoms with E-state index in [1.807, 2.05) is 0 Å². The molecule has 1 aliphatic rings. The van der Waals surface area contributed by atoms with Gasteiger partial charge >= 0.3 is 11.8 Å². The number of nitrogens with zero attached hydrogens (tertiary/aromatic N) is 1. The summed E-state index contributed by atoms with van der Waals surface area (Å²) in [6.07, 6.45) is 2.51. The zero-order chi connectivity index (χ0) is 11.8. The normalized spacial score (nSPS) is 23.3. The van der Waals surface area contributed by atoms with Gasteiger partial charge in [0.25, 0.3) is 0 Å². The lowest BCUT2D eigenvalue weighted by atomic mass is 10.2. The van der Waals surface area contributed by atoms with Gasteiger partial charge in [0, 0.05) is 12.4 Å². The molecule has 1 amide bonds. The van der Waals surface area contributed by atoms with Gasteiger partial charge in [-0.05, 0) is 6.07 Å². The molecule has 0 bridgehead atoms. The zero-order valence-corrected chi connectivity index (χ0v) is 9.10. The third-order valence-corrected chi connectivity index (χ3v) is 2.93. The first-order valence-corrected chi connectivity index (χ1v) is 5.24. The summed E-state index contributed by atoms with van der Waals surface area (Å²) in [5.41, 5.74) is 0.205. The molecule has 0 saturated carbocycles. The molecule has 16 heavy (non-hydrogen) atoms. The molecule has 1 aromatic rings. The second-order valence-electron chi connectivity index (χ2n) is 3.82. The fourth-order valence-electron chi connectivity index (χ4n) is 1.75. The van der Waals surface area contributed by atoms with Crippen molar-refractivity contribution in [2.75, 3.05) is 13.1 Å². The monoisotopic (exact) mass is 247 g/mol. The number of halogens is 3. The molecule has 2 rings (SSSR count). The van der Waals surface area contributed by atoms with Crippen LogP contribution in [-0.2, 0) is 0 Å². The Morgan fingerprint density at radius 3 is 2.88 bits per heavy atom. The van der Waals surface area contributed by atoms with Gasteiger partial charge in [0.15, 0.2) is 0 Å². The Morgan fingerprint density at radius 2 is 2.31 bits per heavy atom. The molecular formula is C10H10ClF2N2O+. The van der Waals surface area contributed by atoms with Gasteiger partial charge in [-0.3, -0.25) is 9.88 Å². The third-order valence-electron chi connectivity index (χ3n) is 2.60. The zero-order valence-electron chi connectivity index (χ0n) is 8.34. The minimum Gasteiger partial charge on any atom is -0.264 e. The molecule has 1 atom stereocenters. The summed E-state index contributed by atoms with van der Waals surface area (Å²) in [6, 6.07) is 1.47. The maximum atomic E-state index is 12.9. The Labute approximate surface area is 96.0 Å². The van der Waals surface area contributed by atoms with E-state index in [1.54, 1.807) is 0 Å². The highest BCUT2D eigenvalue weighted by Gasteiger charge is 2.45. The van der Waals surface area contributed by atoms with E-state index in [4.69, 9.17) is 11.6 Å². The Kier molecular flexibility index (Phi) is 2.90. The number of carbonyl (C=O) groups is 1. The van der Waals surface area contributed by atoms with Crippen molar-refractivity contribution in [1.82, 2.24) is 4.98 Å².